The van der Waals surface area contributed by atoms with Crippen molar-refractivity contribution in [2.45, 2.75) is 38.6 Å². The van der Waals surface area contributed by atoms with Gasteiger partial charge in [0.15, 0.2) is 5.17 Å². The van der Waals surface area contributed by atoms with Gasteiger partial charge in [0.1, 0.15) is 0 Å². The lowest BCUT2D eigenvalue weighted by atomic mass is 10.1. The highest BCUT2D eigenvalue weighted by atomic mass is 32.2. The van der Waals surface area contributed by atoms with Crippen LogP contribution in [-0.4, -0.2) is 23.5 Å². The van der Waals surface area contributed by atoms with Gasteiger partial charge in [-0.25, -0.2) is 0 Å². The molecule has 1 heterocycles. The molecule has 1 saturated carbocycles. The minimum absolute atomic E-state index is 0.698. The molecule has 2 unspecified atom stereocenters. The molecule has 3 heteroatoms. The molecule has 2 atom stereocenters. The van der Waals surface area contributed by atoms with E-state index in [1.165, 1.54) is 36.6 Å². The Morgan fingerprint density at radius 1 is 1.38 bits per heavy atom. The van der Waals surface area contributed by atoms with Gasteiger partial charge in [0, 0.05) is 18.3 Å². The Labute approximate surface area is 84.6 Å². The average Bonchev–Trinajstić information content (AvgIpc) is 2.54. The van der Waals surface area contributed by atoms with Crippen LogP contribution in [0.3, 0.4) is 0 Å². The molecule has 1 aliphatic heterocycles. The van der Waals surface area contributed by atoms with E-state index >= 15 is 0 Å². The number of thioether (sulfide) groups is 1. The molecule has 0 spiro atoms. The number of amidine groups is 1. The van der Waals surface area contributed by atoms with Crippen LogP contribution in [0.15, 0.2) is 4.99 Å². The van der Waals surface area contributed by atoms with E-state index in [0.717, 1.165) is 12.5 Å². The fourth-order valence-electron chi connectivity index (χ4n) is 2.07. The Bertz CT molecular complexity index is 203. The second-order valence-electron chi connectivity index (χ2n) is 4.05. The van der Waals surface area contributed by atoms with Gasteiger partial charge >= 0.3 is 0 Å². The zero-order valence-corrected chi connectivity index (χ0v) is 9.07. The quantitative estimate of drug-likeness (QED) is 0.699. The van der Waals surface area contributed by atoms with Crippen molar-refractivity contribution >= 4 is 16.9 Å². The SMILES string of the molecule is CC1CCCC1NC1=NCCCS1. The van der Waals surface area contributed by atoms with E-state index < -0.39 is 0 Å². The van der Waals surface area contributed by atoms with E-state index in [2.05, 4.69) is 17.2 Å². The molecule has 2 aliphatic rings. The Morgan fingerprint density at radius 3 is 2.92 bits per heavy atom. The number of aliphatic imine (C=N–C) groups is 1. The highest BCUT2D eigenvalue weighted by Crippen LogP contribution is 2.25. The highest BCUT2D eigenvalue weighted by Gasteiger charge is 2.24. The maximum atomic E-state index is 4.50. The standard InChI is InChI=1S/C10H18N2S/c1-8-4-2-5-9(8)12-10-11-6-3-7-13-10/h8-9H,2-7H2,1H3,(H,11,12). The smallest absolute Gasteiger partial charge is 0.156 e. The van der Waals surface area contributed by atoms with Gasteiger partial charge in [0.05, 0.1) is 0 Å². The zero-order chi connectivity index (χ0) is 9.10. The lowest BCUT2D eigenvalue weighted by molar-refractivity contribution is 0.488. The Hall–Kier alpha value is -0.180. The molecule has 1 fully saturated rings. The van der Waals surface area contributed by atoms with Gasteiger partial charge in [-0.2, -0.15) is 0 Å². The number of nitrogens with zero attached hydrogens (tertiary/aromatic N) is 1. The zero-order valence-electron chi connectivity index (χ0n) is 8.25. The molecule has 13 heavy (non-hydrogen) atoms. The summed E-state index contributed by atoms with van der Waals surface area (Å²) in [5.41, 5.74) is 0. The molecule has 74 valence electrons. The first kappa shape index (κ1) is 9.38. The van der Waals surface area contributed by atoms with E-state index in [1.54, 1.807) is 0 Å². The fourth-order valence-corrected chi connectivity index (χ4v) is 2.95. The van der Waals surface area contributed by atoms with E-state index in [0.29, 0.717) is 6.04 Å². The predicted molar refractivity (Wildman–Crippen MR) is 59.3 cm³/mol. The molecule has 1 N–H and O–H groups in total. The van der Waals surface area contributed by atoms with Crippen LogP contribution in [-0.2, 0) is 0 Å². The third-order valence-corrected chi connectivity index (χ3v) is 3.98. The second-order valence-corrected chi connectivity index (χ2v) is 5.13. The Morgan fingerprint density at radius 2 is 2.31 bits per heavy atom. The van der Waals surface area contributed by atoms with Crippen LogP contribution in [0.4, 0.5) is 0 Å². The van der Waals surface area contributed by atoms with Gasteiger partial charge < -0.3 is 5.32 Å². The summed E-state index contributed by atoms with van der Waals surface area (Å²) in [5.74, 6) is 2.08. The molecule has 0 aromatic carbocycles. The number of hydrogen-bond acceptors (Lipinski definition) is 3. The summed E-state index contributed by atoms with van der Waals surface area (Å²) in [6, 6.07) is 0.698. The summed E-state index contributed by atoms with van der Waals surface area (Å²) >= 11 is 1.89. The first-order chi connectivity index (χ1) is 6.36. The highest BCUT2D eigenvalue weighted by molar-refractivity contribution is 8.13. The first-order valence-electron chi connectivity index (χ1n) is 5.30. The Balaban J connectivity index is 1.85. The van der Waals surface area contributed by atoms with Crippen molar-refractivity contribution in [3.05, 3.63) is 0 Å². The van der Waals surface area contributed by atoms with Crippen LogP contribution in [0, 0.1) is 5.92 Å². The summed E-state index contributed by atoms with van der Waals surface area (Å²) in [4.78, 5) is 4.50. The minimum Gasteiger partial charge on any atom is -0.362 e. The summed E-state index contributed by atoms with van der Waals surface area (Å²) in [6.45, 7) is 3.37. The van der Waals surface area contributed by atoms with Gasteiger partial charge in [0.25, 0.3) is 0 Å². The molecule has 0 amide bonds. The number of rotatable bonds is 1. The maximum absolute atomic E-state index is 4.50. The minimum atomic E-state index is 0.698. The van der Waals surface area contributed by atoms with Gasteiger partial charge in [-0.15, -0.1) is 0 Å². The third-order valence-electron chi connectivity index (χ3n) is 2.97. The lowest BCUT2D eigenvalue weighted by Crippen LogP contribution is -2.36. The van der Waals surface area contributed by atoms with Gasteiger partial charge in [-0.3, -0.25) is 4.99 Å². The number of hydrogen-bond donors (Lipinski definition) is 1. The van der Waals surface area contributed by atoms with Crippen molar-refractivity contribution in [1.82, 2.24) is 5.32 Å². The summed E-state index contributed by atoms with van der Waals surface area (Å²) in [6.07, 6.45) is 5.35. The second kappa shape index (κ2) is 4.36. The summed E-state index contributed by atoms with van der Waals surface area (Å²) < 4.78 is 0. The monoisotopic (exact) mass is 198 g/mol. The van der Waals surface area contributed by atoms with Crippen molar-refractivity contribution in [2.75, 3.05) is 12.3 Å². The molecular weight excluding hydrogens is 180 g/mol. The molecule has 0 radical (unpaired) electrons. The van der Waals surface area contributed by atoms with Crippen LogP contribution in [0.5, 0.6) is 0 Å². The van der Waals surface area contributed by atoms with Gasteiger partial charge in [0.2, 0.25) is 0 Å². The molecular formula is C10H18N2S. The number of nitrogens with one attached hydrogen (secondary N) is 1. The largest absolute Gasteiger partial charge is 0.362 e. The van der Waals surface area contributed by atoms with Gasteiger partial charge in [-0.05, 0) is 25.2 Å². The normalized spacial score (nSPS) is 34.4. The average molecular weight is 198 g/mol. The van der Waals surface area contributed by atoms with Crippen LogP contribution >= 0.6 is 11.8 Å². The first-order valence-corrected chi connectivity index (χ1v) is 6.28. The summed E-state index contributed by atoms with van der Waals surface area (Å²) in [7, 11) is 0. The fraction of sp³-hybridized carbons (Fsp3) is 0.900. The molecule has 0 aromatic rings. The molecule has 1 aliphatic carbocycles. The van der Waals surface area contributed by atoms with E-state index in [-0.39, 0.29) is 0 Å². The maximum Gasteiger partial charge on any atom is 0.156 e. The molecule has 2 nitrogen and oxygen atoms in total. The predicted octanol–water partition coefficient (Wildman–Crippen LogP) is 2.26. The molecule has 0 saturated heterocycles. The van der Waals surface area contributed by atoms with Gasteiger partial charge in [-0.1, -0.05) is 25.1 Å². The van der Waals surface area contributed by atoms with Crippen LogP contribution in [0.2, 0.25) is 0 Å². The molecule has 0 aromatic heterocycles. The van der Waals surface area contributed by atoms with E-state index in [1.807, 2.05) is 11.8 Å². The van der Waals surface area contributed by atoms with E-state index in [4.69, 9.17) is 0 Å². The van der Waals surface area contributed by atoms with Crippen molar-refractivity contribution in [3.8, 4) is 0 Å². The Kier molecular flexibility index (Phi) is 3.14. The summed E-state index contributed by atoms with van der Waals surface area (Å²) in [5, 5.41) is 4.78. The topological polar surface area (TPSA) is 24.4 Å². The van der Waals surface area contributed by atoms with Crippen molar-refractivity contribution in [3.63, 3.8) is 0 Å². The lowest BCUT2D eigenvalue weighted by Gasteiger charge is -2.21. The molecule has 0 bridgehead atoms. The van der Waals surface area contributed by atoms with Crippen LogP contribution in [0.25, 0.3) is 0 Å². The molecule has 2 rings (SSSR count). The van der Waals surface area contributed by atoms with E-state index in [9.17, 15) is 0 Å². The van der Waals surface area contributed by atoms with Crippen molar-refractivity contribution in [1.29, 1.82) is 0 Å². The van der Waals surface area contributed by atoms with Crippen molar-refractivity contribution < 1.29 is 0 Å². The van der Waals surface area contributed by atoms with Crippen LogP contribution < -0.4 is 5.32 Å². The third kappa shape index (κ3) is 2.39. The van der Waals surface area contributed by atoms with Crippen molar-refractivity contribution in [2.24, 2.45) is 10.9 Å². The van der Waals surface area contributed by atoms with Crippen LogP contribution in [0.1, 0.15) is 32.6 Å².